The molecule has 5 heterocycles. The lowest BCUT2D eigenvalue weighted by atomic mass is 10.0. The molecule has 2 N–H and O–H groups in total. The van der Waals surface area contributed by atoms with Crippen LogP contribution in [-0.2, 0) is 4.74 Å². The second-order valence-electron chi connectivity index (χ2n) is 8.00. The van der Waals surface area contributed by atoms with Crippen LogP contribution in [0.25, 0.3) is 27.9 Å². The van der Waals surface area contributed by atoms with Crippen molar-refractivity contribution in [1.29, 1.82) is 0 Å². The number of hydrogen-bond donors (Lipinski definition) is 2. The van der Waals surface area contributed by atoms with Gasteiger partial charge in [0.05, 0.1) is 18.3 Å². The summed E-state index contributed by atoms with van der Waals surface area (Å²) in [5.41, 5.74) is 3.71. The molecular weight excluding hydrogens is 425 g/mol. The average Bonchev–Trinajstić information content (AvgIpc) is 3.27. The van der Waals surface area contributed by atoms with E-state index >= 15 is 0 Å². The Kier molecular flexibility index (Phi) is 5.97. The van der Waals surface area contributed by atoms with E-state index in [0.717, 1.165) is 35.4 Å². The van der Waals surface area contributed by atoms with E-state index in [4.69, 9.17) is 4.74 Å². The lowest BCUT2D eigenvalue weighted by Crippen LogP contribution is -2.48. The van der Waals surface area contributed by atoms with Gasteiger partial charge in [-0.1, -0.05) is 0 Å². The first-order valence-electron chi connectivity index (χ1n) is 10.9. The molecule has 0 amide bonds. The summed E-state index contributed by atoms with van der Waals surface area (Å²) >= 11 is 0. The standard InChI is InChI=1S/C22H26FN9O/c1-24-21-19-14(16-3-4-18-20(27-16)26-8-7-25-18)5-10-32(19)30-22(29-21)28-17-6-9-31(11-12-33-2)13-15(17)23/h3-5,7-8,10,15,17H,6,9,11-13H2,1-2H3,(H2,24,28,29,30)/t15-,17+/m1/s1. The highest BCUT2D eigenvalue weighted by Gasteiger charge is 2.30. The number of fused-ring (bicyclic) bond motifs is 2. The first-order chi connectivity index (χ1) is 16.2. The number of aromatic nitrogens is 6. The predicted octanol–water partition coefficient (Wildman–Crippen LogP) is 2.25. The van der Waals surface area contributed by atoms with Crippen LogP contribution < -0.4 is 10.6 Å². The van der Waals surface area contributed by atoms with Crippen molar-refractivity contribution in [3.8, 4) is 11.3 Å². The quantitative estimate of drug-likeness (QED) is 0.438. The van der Waals surface area contributed by atoms with Crippen LogP contribution in [0, 0.1) is 0 Å². The van der Waals surface area contributed by atoms with Gasteiger partial charge in [0.25, 0.3) is 0 Å². The third kappa shape index (κ3) is 4.29. The Hall–Kier alpha value is -3.44. The summed E-state index contributed by atoms with van der Waals surface area (Å²) in [4.78, 5) is 19.9. The van der Waals surface area contributed by atoms with Gasteiger partial charge in [-0.25, -0.2) is 18.9 Å². The van der Waals surface area contributed by atoms with E-state index in [1.165, 1.54) is 0 Å². The highest BCUT2D eigenvalue weighted by atomic mass is 19.1. The minimum Gasteiger partial charge on any atom is -0.383 e. The Balaban J connectivity index is 1.41. The Morgan fingerprint density at radius 3 is 2.88 bits per heavy atom. The molecule has 1 fully saturated rings. The lowest BCUT2D eigenvalue weighted by molar-refractivity contribution is 0.0918. The zero-order valence-corrected chi connectivity index (χ0v) is 18.6. The molecule has 33 heavy (non-hydrogen) atoms. The summed E-state index contributed by atoms with van der Waals surface area (Å²) in [5, 5.41) is 10.9. The number of rotatable bonds is 7. The minimum atomic E-state index is -1.02. The van der Waals surface area contributed by atoms with Crippen molar-refractivity contribution in [2.45, 2.75) is 18.6 Å². The van der Waals surface area contributed by atoms with Crippen molar-refractivity contribution in [2.24, 2.45) is 0 Å². The van der Waals surface area contributed by atoms with E-state index in [0.29, 0.717) is 37.0 Å². The number of halogens is 1. The van der Waals surface area contributed by atoms with Gasteiger partial charge in [-0.2, -0.15) is 4.98 Å². The molecule has 5 rings (SSSR count). The first kappa shape index (κ1) is 21.4. The Labute approximate surface area is 190 Å². The maximum Gasteiger partial charge on any atom is 0.243 e. The zero-order chi connectivity index (χ0) is 22.8. The van der Waals surface area contributed by atoms with E-state index in [1.54, 1.807) is 31.1 Å². The zero-order valence-electron chi connectivity index (χ0n) is 18.6. The fourth-order valence-corrected chi connectivity index (χ4v) is 4.19. The first-order valence-corrected chi connectivity index (χ1v) is 10.9. The van der Waals surface area contributed by atoms with E-state index in [-0.39, 0.29) is 6.04 Å². The summed E-state index contributed by atoms with van der Waals surface area (Å²) in [6.07, 6.45) is 4.76. The number of ether oxygens (including phenoxy) is 1. The van der Waals surface area contributed by atoms with Gasteiger partial charge in [-0.05, 0) is 24.6 Å². The predicted molar refractivity (Wildman–Crippen MR) is 124 cm³/mol. The maximum absolute atomic E-state index is 14.8. The van der Waals surface area contributed by atoms with Crippen LogP contribution in [0.1, 0.15) is 6.42 Å². The SMILES string of the molecule is CNc1nc(N[C@H]2CCN(CCOC)C[C@H]2F)nn2ccc(-c3ccc4nccnc4n3)c12. The molecule has 2 atom stereocenters. The van der Waals surface area contributed by atoms with E-state index < -0.39 is 6.17 Å². The van der Waals surface area contributed by atoms with Gasteiger partial charge in [0, 0.05) is 57.9 Å². The van der Waals surface area contributed by atoms with Crippen LogP contribution in [-0.4, -0.2) is 87.1 Å². The summed E-state index contributed by atoms with van der Waals surface area (Å²) in [6, 6.07) is 5.39. The summed E-state index contributed by atoms with van der Waals surface area (Å²) in [5.74, 6) is 1.01. The minimum absolute atomic E-state index is 0.346. The Morgan fingerprint density at radius 2 is 2.06 bits per heavy atom. The van der Waals surface area contributed by atoms with Crippen molar-refractivity contribution < 1.29 is 9.13 Å². The number of piperidine rings is 1. The fourth-order valence-electron chi connectivity index (χ4n) is 4.19. The van der Waals surface area contributed by atoms with Crippen molar-refractivity contribution in [1.82, 2.24) is 34.4 Å². The molecule has 0 unspecified atom stereocenters. The third-order valence-corrected chi connectivity index (χ3v) is 5.91. The van der Waals surface area contributed by atoms with Crippen LogP contribution >= 0.6 is 0 Å². The van der Waals surface area contributed by atoms with E-state index in [1.807, 2.05) is 24.4 Å². The second-order valence-corrected chi connectivity index (χ2v) is 8.00. The van der Waals surface area contributed by atoms with Crippen molar-refractivity contribution in [3.63, 3.8) is 0 Å². The van der Waals surface area contributed by atoms with E-state index in [2.05, 4.69) is 40.6 Å². The fraction of sp³-hybridized carbons (Fsp3) is 0.409. The van der Waals surface area contributed by atoms with E-state index in [9.17, 15) is 4.39 Å². The lowest BCUT2D eigenvalue weighted by Gasteiger charge is -2.34. The highest BCUT2D eigenvalue weighted by Crippen LogP contribution is 2.30. The number of nitrogens with one attached hydrogen (secondary N) is 2. The third-order valence-electron chi connectivity index (χ3n) is 5.91. The topological polar surface area (TPSA) is 105 Å². The summed E-state index contributed by atoms with van der Waals surface area (Å²) < 4.78 is 21.7. The number of alkyl halides is 1. The molecule has 0 aromatic carbocycles. The number of methoxy groups -OCH3 is 1. The van der Waals surface area contributed by atoms with Gasteiger partial charge < -0.3 is 15.4 Å². The van der Waals surface area contributed by atoms with Gasteiger partial charge in [0.1, 0.15) is 17.2 Å². The molecule has 0 bridgehead atoms. The van der Waals surface area contributed by atoms with Gasteiger partial charge >= 0.3 is 0 Å². The van der Waals surface area contributed by atoms with Crippen LogP contribution in [0.3, 0.4) is 0 Å². The molecule has 0 aliphatic carbocycles. The van der Waals surface area contributed by atoms with Crippen LogP contribution in [0.2, 0.25) is 0 Å². The highest BCUT2D eigenvalue weighted by molar-refractivity contribution is 5.89. The van der Waals surface area contributed by atoms with Crippen molar-refractivity contribution >= 4 is 28.4 Å². The molecule has 172 valence electrons. The van der Waals surface area contributed by atoms with Crippen LogP contribution in [0.4, 0.5) is 16.2 Å². The molecule has 0 spiro atoms. The number of nitrogens with zero attached hydrogens (tertiary/aromatic N) is 7. The van der Waals surface area contributed by atoms with Gasteiger partial charge in [0.2, 0.25) is 5.95 Å². The van der Waals surface area contributed by atoms with Crippen molar-refractivity contribution in [3.05, 3.63) is 36.8 Å². The number of pyridine rings is 1. The largest absolute Gasteiger partial charge is 0.383 e. The number of likely N-dealkylation sites (tertiary alicyclic amines) is 1. The monoisotopic (exact) mass is 451 g/mol. The van der Waals surface area contributed by atoms with Crippen LogP contribution in [0.15, 0.2) is 36.8 Å². The maximum atomic E-state index is 14.8. The van der Waals surface area contributed by atoms with Gasteiger partial charge in [-0.3, -0.25) is 9.88 Å². The van der Waals surface area contributed by atoms with Crippen molar-refractivity contribution in [2.75, 3.05) is 51.0 Å². The molecule has 1 aliphatic rings. The molecule has 4 aromatic rings. The molecular formula is C22H26FN9O. The number of anilines is 2. The Morgan fingerprint density at radius 1 is 1.18 bits per heavy atom. The Bertz CT molecular complexity index is 1260. The normalized spacial score (nSPS) is 19.2. The van der Waals surface area contributed by atoms with Gasteiger partial charge in [-0.15, -0.1) is 5.10 Å². The smallest absolute Gasteiger partial charge is 0.243 e. The van der Waals surface area contributed by atoms with Crippen LogP contribution in [0.5, 0.6) is 0 Å². The summed E-state index contributed by atoms with van der Waals surface area (Å²) in [7, 11) is 3.46. The number of hydrogen-bond acceptors (Lipinski definition) is 9. The molecule has 0 saturated carbocycles. The average molecular weight is 452 g/mol. The molecule has 10 nitrogen and oxygen atoms in total. The second kappa shape index (κ2) is 9.20. The molecule has 11 heteroatoms. The van der Waals surface area contributed by atoms with Gasteiger partial charge in [0.15, 0.2) is 11.5 Å². The molecule has 1 aliphatic heterocycles. The molecule has 0 radical (unpaired) electrons. The summed E-state index contributed by atoms with van der Waals surface area (Å²) in [6.45, 7) is 2.50. The molecule has 4 aromatic heterocycles. The molecule has 1 saturated heterocycles.